The Bertz CT molecular complexity index is 582. The summed E-state index contributed by atoms with van der Waals surface area (Å²) in [4.78, 5) is 12.2. The second-order valence-electron chi connectivity index (χ2n) is 5.10. The molecule has 5 nitrogen and oxygen atoms in total. The van der Waals surface area contributed by atoms with Crippen LogP contribution in [0.5, 0.6) is 0 Å². The van der Waals surface area contributed by atoms with Gasteiger partial charge in [0.05, 0.1) is 12.2 Å². The largest absolute Gasteiger partial charge is 0.459 e. The molecule has 2 atom stereocenters. The van der Waals surface area contributed by atoms with Gasteiger partial charge in [-0.1, -0.05) is 6.08 Å². The number of alkyl halides is 3. The summed E-state index contributed by atoms with van der Waals surface area (Å²) in [7, 11) is 0. The Hall–Kier alpha value is -1.96. The van der Waals surface area contributed by atoms with Crippen molar-refractivity contribution in [2.45, 2.75) is 31.2 Å². The topological polar surface area (TPSA) is 65.7 Å². The molecule has 1 aromatic rings. The van der Waals surface area contributed by atoms with Crippen LogP contribution in [0, 0.1) is 5.92 Å². The Labute approximate surface area is 118 Å². The van der Waals surface area contributed by atoms with Crippen LogP contribution in [0.4, 0.5) is 13.2 Å². The lowest BCUT2D eigenvalue weighted by Gasteiger charge is -2.36. The highest BCUT2D eigenvalue weighted by atomic mass is 19.4. The minimum absolute atomic E-state index is 0.150. The highest BCUT2D eigenvalue weighted by molar-refractivity contribution is 5.92. The fraction of sp³-hybridized carbons (Fsp3) is 0.462. The molecule has 0 spiro atoms. The smallest absolute Gasteiger partial charge is 0.439 e. The molecule has 1 fully saturated rings. The van der Waals surface area contributed by atoms with Crippen molar-refractivity contribution in [3.05, 3.63) is 35.9 Å². The molecule has 2 heterocycles. The van der Waals surface area contributed by atoms with E-state index in [1.165, 1.54) is 18.4 Å². The number of hydrogen-bond acceptors (Lipinski definition) is 4. The van der Waals surface area contributed by atoms with Crippen LogP contribution in [0.3, 0.4) is 0 Å². The quantitative estimate of drug-likeness (QED) is 0.834. The molecule has 1 amide bonds. The molecule has 8 heteroatoms. The van der Waals surface area contributed by atoms with Crippen molar-refractivity contribution >= 4 is 5.91 Å². The Balaban J connectivity index is 2.04. The molecule has 1 aromatic heterocycles. The van der Waals surface area contributed by atoms with Gasteiger partial charge in [0.25, 0.3) is 5.72 Å². The number of aliphatic hydroxyl groups is 1. The minimum Gasteiger partial charge on any atom is -0.459 e. The van der Waals surface area contributed by atoms with E-state index in [1.807, 2.05) is 0 Å². The number of furan rings is 1. The molecule has 2 N–H and O–H groups in total. The molecule has 2 aliphatic rings. The van der Waals surface area contributed by atoms with Gasteiger partial charge in [0.1, 0.15) is 0 Å². The SMILES string of the molecule is O=C(c1ccco1)N1NC2=CCCCC2C1(O)C(F)(F)F. The van der Waals surface area contributed by atoms with Crippen molar-refractivity contribution in [1.82, 2.24) is 10.4 Å². The molecule has 3 rings (SSSR count). The van der Waals surface area contributed by atoms with E-state index >= 15 is 0 Å². The average Bonchev–Trinajstić information content (AvgIpc) is 3.05. The van der Waals surface area contributed by atoms with Gasteiger partial charge in [-0.25, -0.2) is 5.01 Å². The summed E-state index contributed by atoms with van der Waals surface area (Å²) < 4.78 is 45.1. The number of nitrogens with zero attached hydrogens (tertiary/aromatic N) is 1. The van der Waals surface area contributed by atoms with Crippen molar-refractivity contribution in [3.8, 4) is 0 Å². The number of nitrogens with one attached hydrogen (secondary N) is 1. The van der Waals surface area contributed by atoms with Gasteiger partial charge in [-0.3, -0.25) is 10.2 Å². The predicted molar refractivity (Wildman–Crippen MR) is 64.4 cm³/mol. The van der Waals surface area contributed by atoms with Gasteiger partial charge in [-0.2, -0.15) is 13.2 Å². The summed E-state index contributed by atoms with van der Waals surface area (Å²) in [6.07, 6.45) is -0.939. The van der Waals surface area contributed by atoms with E-state index in [0.29, 0.717) is 12.8 Å². The zero-order chi connectivity index (χ0) is 15.3. The summed E-state index contributed by atoms with van der Waals surface area (Å²) in [5.74, 6) is -2.54. The van der Waals surface area contributed by atoms with E-state index in [2.05, 4.69) is 5.43 Å². The molecule has 0 bridgehead atoms. The Morgan fingerprint density at radius 3 is 2.90 bits per heavy atom. The number of amides is 1. The van der Waals surface area contributed by atoms with Crippen LogP contribution in [0.15, 0.2) is 34.6 Å². The van der Waals surface area contributed by atoms with Crippen molar-refractivity contribution in [3.63, 3.8) is 0 Å². The van der Waals surface area contributed by atoms with Crippen LogP contribution in [-0.4, -0.2) is 27.9 Å². The van der Waals surface area contributed by atoms with Crippen molar-refractivity contribution in [2.75, 3.05) is 0 Å². The molecule has 2 unspecified atom stereocenters. The fourth-order valence-electron chi connectivity index (χ4n) is 2.83. The summed E-state index contributed by atoms with van der Waals surface area (Å²) in [6.45, 7) is 0. The molecule has 21 heavy (non-hydrogen) atoms. The highest BCUT2D eigenvalue weighted by Gasteiger charge is 2.68. The van der Waals surface area contributed by atoms with Gasteiger partial charge in [-0.15, -0.1) is 0 Å². The summed E-state index contributed by atoms with van der Waals surface area (Å²) in [6, 6.07) is 2.64. The monoisotopic (exact) mass is 302 g/mol. The van der Waals surface area contributed by atoms with Crippen LogP contribution < -0.4 is 5.43 Å². The molecule has 0 radical (unpaired) electrons. The molecule has 0 saturated carbocycles. The predicted octanol–water partition coefficient (Wildman–Crippen LogP) is 2.17. The Morgan fingerprint density at radius 1 is 1.52 bits per heavy atom. The van der Waals surface area contributed by atoms with E-state index in [9.17, 15) is 23.1 Å². The third-order valence-corrected chi connectivity index (χ3v) is 3.86. The number of hydrogen-bond donors (Lipinski definition) is 2. The van der Waals surface area contributed by atoms with Crippen LogP contribution >= 0.6 is 0 Å². The van der Waals surface area contributed by atoms with Gasteiger partial charge in [-0.05, 0) is 31.4 Å². The van der Waals surface area contributed by atoms with E-state index < -0.39 is 23.7 Å². The van der Waals surface area contributed by atoms with Gasteiger partial charge < -0.3 is 9.52 Å². The number of halogens is 3. The maximum absolute atomic E-state index is 13.4. The van der Waals surface area contributed by atoms with Gasteiger partial charge in [0, 0.05) is 5.70 Å². The second-order valence-corrected chi connectivity index (χ2v) is 5.10. The van der Waals surface area contributed by atoms with Gasteiger partial charge in [0.15, 0.2) is 5.76 Å². The molecule has 1 aliphatic heterocycles. The van der Waals surface area contributed by atoms with Crippen LogP contribution in [0.2, 0.25) is 0 Å². The van der Waals surface area contributed by atoms with Gasteiger partial charge in [0.2, 0.25) is 0 Å². The van der Waals surface area contributed by atoms with E-state index in [-0.39, 0.29) is 22.9 Å². The lowest BCUT2D eigenvalue weighted by atomic mass is 9.84. The molecule has 1 saturated heterocycles. The van der Waals surface area contributed by atoms with E-state index in [4.69, 9.17) is 4.42 Å². The first-order valence-corrected chi connectivity index (χ1v) is 6.49. The number of allylic oxidation sites excluding steroid dienone is 1. The lowest BCUT2D eigenvalue weighted by Crippen LogP contribution is -2.62. The summed E-state index contributed by atoms with van der Waals surface area (Å²) in [5.41, 5.74) is -0.659. The molecule has 114 valence electrons. The van der Waals surface area contributed by atoms with Crippen LogP contribution in [0.25, 0.3) is 0 Å². The van der Waals surface area contributed by atoms with Crippen molar-refractivity contribution < 1.29 is 27.5 Å². The number of carbonyl (C=O) groups is 1. The number of rotatable bonds is 1. The van der Waals surface area contributed by atoms with E-state index in [0.717, 1.165) is 0 Å². The first kappa shape index (κ1) is 14.0. The summed E-state index contributed by atoms with van der Waals surface area (Å²) >= 11 is 0. The van der Waals surface area contributed by atoms with E-state index in [1.54, 1.807) is 6.08 Å². The third kappa shape index (κ3) is 1.93. The number of hydrazine groups is 1. The zero-order valence-corrected chi connectivity index (χ0v) is 10.9. The van der Waals surface area contributed by atoms with Crippen molar-refractivity contribution in [1.29, 1.82) is 0 Å². The fourth-order valence-corrected chi connectivity index (χ4v) is 2.83. The normalized spacial score (nSPS) is 28.9. The zero-order valence-electron chi connectivity index (χ0n) is 10.9. The van der Waals surface area contributed by atoms with Crippen LogP contribution in [0.1, 0.15) is 29.8 Å². The Kier molecular flexibility index (Phi) is 3.01. The summed E-state index contributed by atoms with van der Waals surface area (Å²) in [5, 5.41) is 10.5. The van der Waals surface area contributed by atoms with Crippen LogP contribution in [-0.2, 0) is 0 Å². The van der Waals surface area contributed by atoms with Gasteiger partial charge >= 0.3 is 12.1 Å². The highest BCUT2D eigenvalue weighted by Crippen LogP contribution is 2.48. The second kappa shape index (κ2) is 4.52. The molecule has 0 aromatic carbocycles. The molecular weight excluding hydrogens is 289 g/mol. The van der Waals surface area contributed by atoms with Crippen molar-refractivity contribution in [2.24, 2.45) is 5.92 Å². The number of carbonyl (C=O) groups excluding carboxylic acids is 1. The molecule has 1 aliphatic carbocycles. The molecular formula is C13H13F3N2O3. The standard InChI is InChI=1S/C13H13F3N2O3/c14-13(15,16)12(20)8-4-1-2-5-9(8)17-18(12)11(19)10-6-3-7-21-10/h3,5-8,17,20H,1-2,4H2. The third-order valence-electron chi connectivity index (χ3n) is 3.86. The average molecular weight is 302 g/mol. The first-order valence-electron chi connectivity index (χ1n) is 6.49. The maximum Gasteiger partial charge on any atom is 0.439 e. The number of fused-ring (bicyclic) bond motifs is 1. The maximum atomic E-state index is 13.4. The Morgan fingerprint density at radius 2 is 2.29 bits per heavy atom. The first-order chi connectivity index (χ1) is 9.85. The minimum atomic E-state index is -4.99. The lowest BCUT2D eigenvalue weighted by molar-refractivity contribution is -0.314.